The number of carbonyl (C=O) groups is 1. The molecule has 1 aliphatic rings. The molecule has 1 heterocycles. The van der Waals surface area contributed by atoms with Gasteiger partial charge in [-0.1, -0.05) is 13.8 Å². The average Bonchev–Trinajstić information content (AvgIpc) is 2.96. The van der Waals surface area contributed by atoms with Crippen LogP contribution in [0.3, 0.4) is 0 Å². The molecular weight excluding hydrogens is 302 g/mol. The van der Waals surface area contributed by atoms with Gasteiger partial charge >= 0.3 is 0 Å². The van der Waals surface area contributed by atoms with Crippen molar-refractivity contribution < 1.29 is 4.79 Å². The van der Waals surface area contributed by atoms with Crippen LogP contribution in [0.25, 0.3) is 0 Å². The molecule has 0 aromatic heterocycles. The van der Waals surface area contributed by atoms with Crippen molar-refractivity contribution in [3.8, 4) is 0 Å². The Bertz CT molecular complexity index is 412. The van der Waals surface area contributed by atoms with Gasteiger partial charge in [0.25, 0.3) is 0 Å². The lowest BCUT2D eigenvalue weighted by Crippen LogP contribution is -2.48. The van der Waals surface area contributed by atoms with Crippen LogP contribution in [0.5, 0.6) is 0 Å². The third kappa shape index (κ3) is 6.30. The van der Waals surface area contributed by atoms with Gasteiger partial charge in [-0.05, 0) is 34.1 Å². The number of nitrogens with one attached hydrogen (secondary N) is 2. The predicted molar refractivity (Wildman–Crippen MR) is 101 cm³/mol. The largest absolute Gasteiger partial charge is 0.355 e. The standard InChI is InChI=1S/C18H37N5O/c1-13(2)17(24)22-10-8-16(12-22)21-18(19-7)20-9-11-23(14(3)4)15(5)6/h13-16H,8-12H2,1-7H3,(H2,19,20,21). The predicted octanol–water partition coefficient (Wildman–Crippen LogP) is 1.53. The lowest BCUT2D eigenvalue weighted by atomic mass is 10.2. The van der Waals surface area contributed by atoms with Gasteiger partial charge in [0.1, 0.15) is 0 Å². The van der Waals surface area contributed by atoms with Crippen LogP contribution in [-0.2, 0) is 4.79 Å². The highest BCUT2D eigenvalue weighted by molar-refractivity contribution is 5.81. The Labute approximate surface area is 148 Å². The molecule has 0 aliphatic carbocycles. The van der Waals surface area contributed by atoms with Crippen LogP contribution in [0.15, 0.2) is 4.99 Å². The summed E-state index contributed by atoms with van der Waals surface area (Å²) in [5.74, 6) is 1.14. The number of guanidine groups is 1. The van der Waals surface area contributed by atoms with E-state index in [9.17, 15) is 4.79 Å². The minimum Gasteiger partial charge on any atom is -0.355 e. The monoisotopic (exact) mass is 339 g/mol. The van der Waals surface area contributed by atoms with Gasteiger partial charge in [-0.2, -0.15) is 0 Å². The first kappa shape index (κ1) is 20.7. The SMILES string of the molecule is CN=C(NCCN(C(C)C)C(C)C)NC1CCN(C(=O)C(C)C)C1. The Morgan fingerprint density at radius 2 is 1.83 bits per heavy atom. The van der Waals surface area contributed by atoms with E-state index < -0.39 is 0 Å². The van der Waals surface area contributed by atoms with Crippen molar-refractivity contribution in [3.05, 3.63) is 0 Å². The van der Waals surface area contributed by atoms with Gasteiger partial charge in [-0.3, -0.25) is 14.7 Å². The molecule has 6 nitrogen and oxygen atoms in total. The molecule has 0 aromatic rings. The zero-order chi connectivity index (χ0) is 18.3. The van der Waals surface area contributed by atoms with Gasteiger partial charge < -0.3 is 15.5 Å². The first-order chi connectivity index (χ1) is 11.3. The molecule has 1 atom stereocenters. The first-order valence-corrected chi connectivity index (χ1v) is 9.28. The van der Waals surface area contributed by atoms with E-state index in [4.69, 9.17) is 0 Å². The van der Waals surface area contributed by atoms with Crippen LogP contribution in [0.2, 0.25) is 0 Å². The highest BCUT2D eigenvalue weighted by Crippen LogP contribution is 2.12. The van der Waals surface area contributed by atoms with E-state index in [-0.39, 0.29) is 17.9 Å². The van der Waals surface area contributed by atoms with Crippen LogP contribution < -0.4 is 10.6 Å². The smallest absolute Gasteiger partial charge is 0.225 e. The highest BCUT2D eigenvalue weighted by Gasteiger charge is 2.27. The molecule has 140 valence electrons. The molecule has 2 N–H and O–H groups in total. The third-order valence-electron chi connectivity index (χ3n) is 4.55. The van der Waals surface area contributed by atoms with E-state index >= 15 is 0 Å². The van der Waals surface area contributed by atoms with Gasteiger partial charge in [0, 0.05) is 57.3 Å². The van der Waals surface area contributed by atoms with Crippen molar-refractivity contribution in [1.82, 2.24) is 20.4 Å². The summed E-state index contributed by atoms with van der Waals surface area (Å²) in [6.45, 7) is 16.3. The fourth-order valence-corrected chi connectivity index (χ4v) is 3.25. The zero-order valence-corrected chi connectivity index (χ0v) is 16.6. The summed E-state index contributed by atoms with van der Waals surface area (Å²) in [6.07, 6.45) is 0.975. The van der Waals surface area contributed by atoms with Gasteiger partial charge in [0.15, 0.2) is 5.96 Å². The second-order valence-corrected chi connectivity index (χ2v) is 7.49. The maximum atomic E-state index is 12.1. The zero-order valence-electron chi connectivity index (χ0n) is 16.6. The number of hydrogen-bond acceptors (Lipinski definition) is 3. The number of nitrogens with zero attached hydrogens (tertiary/aromatic N) is 3. The van der Waals surface area contributed by atoms with Crippen LogP contribution in [0.4, 0.5) is 0 Å². The molecule has 0 radical (unpaired) electrons. The summed E-state index contributed by atoms with van der Waals surface area (Å²) >= 11 is 0. The number of hydrogen-bond donors (Lipinski definition) is 2. The Morgan fingerprint density at radius 1 is 1.21 bits per heavy atom. The average molecular weight is 340 g/mol. The molecule has 6 heteroatoms. The summed E-state index contributed by atoms with van der Waals surface area (Å²) < 4.78 is 0. The van der Waals surface area contributed by atoms with E-state index in [0.29, 0.717) is 12.1 Å². The maximum absolute atomic E-state index is 12.1. The van der Waals surface area contributed by atoms with Crippen molar-refractivity contribution >= 4 is 11.9 Å². The van der Waals surface area contributed by atoms with Gasteiger partial charge in [-0.15, -0.1) is 0 Å². The van der Waals surface area contributed by atoms with Crippen molar-refractivity contribution in [2.45, 2.75) is 66.1 Å². The molecule has 24 heavy (non-hydrogen) atoms. The number of amides is 1. The van der Waals surface area contributed by atoms with Crippen molar-refractivity contribution in [3.63, 3.8) is 0 Å². The summed E-state index contributed by atoms with van der Waals surface area (Å²) in [5, 5.41) is 6.85. The molecule has 1 saturated heterocycles. The van der Waals surface area contributed by atoms with Crippen molar-refractivity contribution in [2.75, 3.05) is 33.2 Å². The minimum absolute atomic E-state index is 0.0687. The van der Waals surface area contributed by atoms with Gasteiger partial charge in [0.05, 0.1) is 0 Å². The number of likely N-dealkylation sites (tertiary alicyclic amines) is 1. The molecule has 1 unspecified atom stereocenters. The molecule has 1 amide bonds. The third-order valence-corrected chi connectivity index (χ3v) is 4.55. The minimum atomic E-state index is 0.0687. The molecule has 1 aliphatic heterocycles. The second kappa shape index (κ2) is 9.87. The second-order valence-electron chi connectivity index (χ2n) is 7.49. The molecule has 1 rings (SSSR count). The molecule has 0 aromatic carbocycles. The number of carbonyl (C=O) groups excluding carboxylic acids is 1. The fraction of sp³-hybridized carbons (Fsp3) is 0.889. The Kier molecular flexibility index (Phi) is 8.53. The van der Waals surface area contributed by atoms with E-state index in [1.54, 1.807) is 7.05 Å². The quantitative estimate of drug-likeness (QED) is 0.545. The summed E-state index contributed by atoms with van der Waals surface area (Å²) in [6, 6.07) is 1.35. The van der Waals surface area contributed by atoms with Crippen molar-refractivity contribution in [2.24, 2.45) is 10.9 Å². The Balaban J connectivity index is 2.40. The number of rotatable bonds is 7. The highest BCUT2D eigenvalue weighted by atomic mass is 16.2. The summed E-state index contributed by atoms with van der Waals surface area (Å²) in [4.78, 5) is 20.8. The topological polar surface area (TPSA) is 60.0 Å². The molecular formula is C18H37N5O. The van der Waals surface area contributed by atoms with Gasteiger partial charge in [0.2, 0.25) is 5.91 Å². The van der Waals surface area contributed by atoms with Crippen LogP contribution in [0.1, 0.15) is 48.0 Å². The maximum Gasteiger partial charge on any atom is 0.225 e. The Morgan fingerprint density at radius 3 is 2.33 bits per heavy atom. The number of aliphatic imine (C=N–C) groups is 1. The van der Waals surface area contributed by atoms with Crippen LogP contribution in [-0.4, -0.2) is 73.0 Å². The molecule has 0 bridgehead atoms. The molecule has 1 fully saturated rings. The van der Waals surface area contributed by atoms with E-state index in [1.165, 1.54) is 0 Å². The normalized spacial score (nSPS) is 19.0. The molecule has 0 saturated carbocycles. The summed E-state index contributed by atoms with van der Waals surface area (Å²) in [7, 11) is 1.80. The van der Waals surface area contributed by atoms with E-state index in [2.05, 4.69) is 48.2 Å². The van der Waals surface area contributed by atoms with Crippen LogP contribution >= 0.6 is 0 Å². The lowest BCUT2D eigenvalue weighted by molar-refractivity contribution is -0.133. The molecule has 0 spiro atoms. The van der Waals surface area contributed by atoms with E-state index in [0.717, 1.165) is 38.6 Å². The van der Waals surface area contributed by atoms with Crippen molar-refractivity contribution in [1.29, 1.82) is 0 Å². The summed E-state index contributed by atoms with van der Waals surface area (Å²) in [5.41, 5.74) is 0. The lowest BCUT2D eigenvalue weighted by Gasteiger charge is -2.30. The van der Waals surface area contributed by atoms with Gasteiger partial charge in [-0.25, -0.2) is 0 Å². The fourth-order valence-electron chi connectivity index (χ4n) is 3.25. The van der Waals surface area contributed by atoms with Crippen LogP contribution in [0, 0.1) is 5.92 Å². The van der Waals surface area contributed by atoms with E-state index in [1.807, 2.05) is 18.7 Å². The first-order valence-electron chi connectivity index (χ1n) is 9.28. The Hall–Kier alpha value is -1.30.